The van der Waals surface area contributed by atoms with Gasteiger partial charge in [-0.05, 0) is 68.4 Å². The Labute approximate surface area is 165 Å². The zero-order valence-corrected chi connectivity index (χ0v) is 16.2. The fraction of sp³-hybridized carbons (Fsp3) is 0.714. The lowest BCUT2D eigenvalue weighted by Crippen LogP contribution is -2.61. The summed E-state index contributed by atoms with van der Waals surface area (Å²) < 4.78 is 10.9. The monoisotopic (exact) mass is 387 g/mol. The van der Waals surface area contributed by atoms with Gasteiger partial charge in [0.2, 0.25) is 0 Å². The molecule has 7 nitrogen and oxygen atoms in total. The highest BCUT2D eigenvalue weighted by atomic mass is 16.5. The molecular formula is C21H29N3O4. The van der Waals surface area contributed by atoms with Crippen LogP contribution in [0.3, 0.4) is 0 Å². The minimum absolute atomic E-state index is 0.000539. The van der Waals surface area contributed by atoms with Crippen molar-refractivity contribution in [2.24, 2.45) is 17.8 Å². The summed E-state index contributed by atoms with van der Waals surface area (Å²) in [7, 11) is 0. The number of ether oxygens (including phenoxy) is 1. The Balaban J connectivity index is 1.14. The van der Waals surface area contributed by atoms with Crippen LogP contribution >= 0.6 is 0 Å². The van der Waals surface area contributed by atoms with Gasteiger partial charge in [-0.2, -0.15) is 0 Å². The molecule has 4 bridgehead atoms. The zero-order chi connectivity index (χ0) is 19.1. The molecule has 2 heterocycles. The van der Waals surface area contributed by atoms with Crippen LogP contribution in [0.4, 0.5) is 4.79 Å². The van der Waals surface area contributed by atoms with Gasteiger partial charge in [0.1, 0.15) is 5.76 Å². The first-order valence-corrected chi connectivity index (χ1v) is 10.6. The normalized spacial score (nSPS) is 33.7. The lowest BCUT2D eigenvalue weighted by Gasteiger charge is -2.56. The van der Waals surface area contributed by atoms with Gasteiger partial charge in [-0.25, -0.2) is 4.79 Å². The molecule has 1 aliphatic heterocycles. The van der Waals surface area contributed by atoms with Crippen LogP contribution < -0.4 is 10.6 Å². The van der Waals surface area contributed by atoms with E-state index in [1.165, 1.54) is 19.3 Å². The molecule has 5 fully saturated rings. The van der Waals surface area contributed by atoms with Crippen LogP contribution in [0.2, 0.25) is 0 Å². The first-order chi connectivity index (χ1) is 13.6. The van der Waals surface area contributed by atoms with Crippen LogP contribution in [-0.2, 0) is 11.3 Å². The van der Waals surface area contributed by atoms with Gasteiger partial charge in [0.25, 0.3) is 5.91 Å². The van der Waals surface area contributed by atoms with E-state index >= 15 is 0 Å². The van der Waals surface area contributed by atoms with Crippen LogP contribution in [0.15, 0.2) is 16.5 Å². The lowest BCUT2D eigenvalue weighted by atomic mass is 9.53. The Bertz CT molecular complexity index is 717. The second kappa shape index (κ2) is 7.10. The van der Waals surface area contributed by atoms with Crippen molar-refractivity contribution in [1.82, 2.24) is 15.5 Å². The average Bonchev–Trinajstić information content (AvgIpc) is 3.14. The molecule has 152 valence electrons. The second-order valence-electron chi connectivity index (χ2n) is 9.18. The Morgan fingerprint density at radius 3 is 2.32 bits per heavy atom. The zero-order valence-electron chi connectivity index (χ0n) is 16.2. The molecule has 0 radical (unpaired) electrons. The summed E-state index contributed by atoms with van der Waals surface area (Å²) in [5.74, 6) is 3.19. The van der Waals surface area contributed by atoms with E-state index in [4.69, 9.17) is 9.15 Å². The Morgan fingerprint density at radius 2 is 1.68 bits per heavy atom. The highest BCUT2D eigenvalue weighted by Crippen LogP contribution is 2.55. The van der Waals surface area contributed by atoms with Gasteiger partial charge >= 0.3 is 6.03 Å². The molecule has 4 aliphatic carbocycles. The molecule has 0 spiro atoms. The third kappa shape index (κ3) is 3.52. The standard InChI is InChI=1S/C21H29N3O4/c25-19(24-3-5-27-6-4-24)18-2-1-17(28-18)13-22-20(26)23-21-10-14-7-15(11-21)9-16(8-14)12-21/h1-2,14-16H,3-13H2,(H2,22,23,26). The number of hydrogen-bond acceptors (Lipinski definition) is 4. The number of rotatable bonds is 4. The van der Waals surface area contributed by atoms with Crippen molar-refractivity contribution in [2.75, 3.05) is 26.3 Å². The molecule has 4 saturated carbocycles. The summed E-state index contributed by atoms with van der Waals surface area (Å²) in [5.41, 5.74) is -0.000539. The smallest absolute Gasteiger partial charge is 0.315 e. The van der Waals surface area contributed by atoms with E-state index in [1.54, 1.807) is 17.0 Å². The molecule has 3 amide bonds. The third-order valence-corrected chi connectivity index (χ3v) is 7.01. The van der Waals surface area contributed by atoms with E-state index in [2.05, 4.69) is 10.6 Å². The summed E-state index contributed by atoms with van der Waals surface area (Å²) in [6.45, 7) is 2.58. The molecule has 2 N–H and O–H groups in total. The first-order valence-electron chi connectivity index (χ1n) is 10.6. The molecular weight excluding hydrogens is 358 g/mol. The number of nitrogens with zero attached hydrogens (tertiary/aromatic N) is 1. The number of carbonyl (C=O) groups excluding carboxylic acids is 2. The SMILES string of the molecule is O=C(NCc1ccc(C(=O)N2CCOCC2)o1)NC12CC3CC(CC(C3)C1)C2. The van der Waals surface area contributed by atoms with Crippen molar-refractivity contribution >= 4 is 11.9 Å². The summed E-state index contributed by atoms with van der Waals surface area (Å²) in [5, 5.41) is 6.21. The molecule has 28 heavy (non-hydrogen) atoms. The Kier molecular flexibility index (Phi) is 4.57. The van der Waals surface area contributed by atoms with Gasteiger partial charge in [0.05, 0.1) is 19.8 Å². The highest BCUT2D eigenvalue weighted by molar-refractivity contribution is 5.91. The van der Waals surface area contributed by atoms with E-state index in [1.807, 2.05) is 0 Å². The fourth-order valence-electron chi connectivity index (χ4n) is 6.23. The molecule has 1 aromatic heterocycles. The predicted octanol–water partition coefficient (Wildman–Crippen LogP) is 2.52. The Morgan fingerprint density at radius 1 is 1.04 bits per heavy atom. The second-order valence-corrected chi connectivity index (χ2v) is 9.18. The van der Waals surface area contributed by atoms with Gasteiger partial charge in [-0.3, -0.25) is 4.79 Å². The number of furan rings is 1. The minimum atomic E-state index is -0.126. The number of morpholine rings is 1. The number of urea groups is 1. The van der Waals surface area contributed by atoms with Crippen molar-refractivity contribution in [1.29, 1.82) is 0 Å². The predicted molar refractivity (Wildman–Crippen MR) is 102 cm³/mol. The van der Waals surface area contributed by atoms with Gasteiger partial charge in [0.15, 0.2) is 5.76 Å². The van der Waals surface area contributed by atoms with Gasteiger partial charge < -0.3 is 24.7 Å². The fourth-order valence-corrected chi connectivity index (χ4v) is 6.23. The quantitative estimate of drug-likeness (QED) is 0.832. The molecule has 5 aliphatic rings. The van der Waals surface area contributed by atoms with Crippen LogP contribution in [0.1, 0.15) is 54.8 Å². The average molecular weight is 387 g/mol. The van der Waals surface area contributed by atoms with E-state index in [0.29, 0.717) is 37.8 Å². The highest BCUT2D eigenvalue weighted by Gasteiger charge is 2.51. The number of carbonyl (C=O) groups is 2. The van der Waals surface area contributed by atoms with Gasteiger partial charge in [-0.1, -0.05) is 0 Å². The van der Waals surface area contributed by atoms with E-state index in [-0.39, 0.29) is 24.0 Å². The number of amides is 3. The maximum absolute atomic E-state index is 12.5. The lowest BCUT2D eigenvalue weighted by molar-refractivity contribution is -0.0135. The Hall–Kier alpha value is -2.02. The van der Waals surface area contributed by atoms with Crippen molar-refractivity contribution in [2.45, 2.75) is 50.6 Å². The molecule has 0 atom stereocenters. The molecule has 0 unspecified atom stereocenters. The van der Waals surface area contributed by atoms with Crippen molar-refractivity contribution in [3.8, 4) is 0 Å². The molecule has 7 heteroatoms. The van der Waals surface area contributed by atoms with Crippen LogP contribution in [0.5, 0.6) is 0 Å². The largest absolute Gasteiger partial charge is 0.454 e. The molecule has 0 aromatic carbocycles. The molecule has 1 aromatic rings. The third-order valence-electron chi connectivity index (χ3n) is 7.01. The van der Waals surface area contributed by atoms with Gasteiger partial charge in [0, 0.05) is 18.6 Å². The van der Waals surface area contributed by atoms with Crippen molar-refractivity contribution < 1.29 is 18.7 Å². The summed E-state index contributed by atoms with van der Waals surface area (Å²) >= 11 is 0. The van der Waals surface area contributed by atoms with E-state index in [0.717, 1.165) is 37.0 Å². The van der Waals surface area contributed by atoms with E-state index in [9.17, 15) is 9.59 Å². The minimum Gasteiger partial charge on any atom is -0.454 e. The van der Waals surface area contributed by atoms with Gasteiger partial charge in [-0.15, -0.1) is 0 Å². The summed E-state index contributed by atoms with van der Waals surface area (Å²) in [4.78, 5) is 26.7. The summed E-state index contributed by atoms with van der Waals surface area (Å²) in [6.07, 6.45) is 7.46. The maximum Gasteiger partial charge on any atom is 0.315 e. The number of nitrogens with one attached hydrogen (secondary N) is 2. The van der Waals surface area contributed by atoms with Crippen LogP contribution in [-0.4, -0.2) is 48.7 Å². The molecule has 1 saturated heterocycles. The van der Waals surface area contributed by atoms with Crippen molar-refractivity contribution in [3.05, 3.63) is 23.7 Å². The maximum atomic E-state index is 12.5. The van der Waals surface area contributed by atoms with E-state index < -0.39 is 0 Å². The first kappa shape index (κ1) is 18.0. The summed E-state index contributed by atoms with van der Waals surface area (Å²) in [6, 6.07) is 3.32. The molecule has 6 rings (SSSR count). The van der Waals surface area contributed by atoms with Crippen LogP contribution in [0.25, 0.3) is 0 Å². The topological polar surface area (TPSA) is 83.8 Å². The van der Waals surface area contributed by atoms with Crippen LogP contribution in [0, 0.1) is 17.8 Å². The number of hydrogen-bond donors (Lipinski definition) is 2. The van der Waals surface area contributed by atoms with Crippen molar-refractivity contribution in [3.63, 3.8) is 0 Å².